The SMILES string of the molecule is COC(=O)c1c(OC(C)C)cc(=O)n2c1CCN(Cc1ccc(C)c(C)c1)CC2. The first kappa shape index (κ1) is 21.1. The number of hydrogen-bond acceptors (Lipinski definition) is 5. The lowest BCUT2D eigenvalue weighted by atomic mass is 10.1. The molecule has 6 heteroatoms. The molecule has 0 amide bonds. The van der Waals surface area contributed by atoms with Crippen LogP contribution in [-0.2, 0) is 24.2 Å². The Labute approximate surface area is 172 Å². The van der Waals surface area contributed by atoms with Crippen molar-refractivity contribution in [2.45, 2.75) is 53.3 Å². The number of aryl methyl sites for hydroxylation is 2. The largest absolute Gasteiger partial charge is 0.490 e. The molecule has 1 aliphatic heterocycles. The molecule has 29 heavy (non-hydrogen) atoms. The second-order valence-electron chi connectivity index (χ2n) is 7.92. The number of carbonyl (C=O) groups is 1. The van der Waals surface area contributed by atoms with Gasteiger partial charge in [0.1, 0.15) is 11.3 Å². The fourth-order valence-electron chi connectivity index (χ4n) is 3.78. The molecule has 156 valence electrons. The highest BCUT2D eigenvalue weighted by molar-refractivity contribution is 5.93. The van der Waals surface area contributed by atoms with Crippen LogP contribution in [0.3, 0.4) is 0 Å². The van der Waals surface area contributed by atoms with Crippen molar-refractivity contribution in [3.8, 4) is 5.75 Å². The predicted octanol–water partition coefficient (Wildman–Crippen LogP) is 3.10. The summed E-state index contributed by atoms with van der Waals surface area (Å²) in [6, 6.07) is 7.93. The minimum absolute atomic E-state index is 0.142. The first-order chi connectivity index (χ1) is 13.8. The van der Waals surface area contributed by atoms with E-state index in [0.717, 1.165) is 19.6 Å². The molecule has 0 saturated carbocycles. The normalized spacial score (nSPS) is 14.4. The van der Waals surface area contributed by atoms with E-state index in [1.165, 1.54) is 29.9 Å². The van der Waals surface area contributed by atoms with Gasteiger partial charge in [-0.15, -0.1) is 0 Å². The summed E-state index contributed by atoms with van der Waals surface area (Å²) in [5.74, 6) is -0.155. The smallest absolute Gasteiger partial charge is 0.343 e. The van der Waals surface area contributed by atoms with Crippen LogP contribution >= 0.6 is 0 Å². The van der Waals surface area contributed by atoms with E-state index in [-0.39, 0.29) is 11.7 Å². The molecule has 6 nitrogen and oxygen atoms in total. The van der Waals surface area contributed by atoms with Crippen molar-refractivity contribution < 1.29 is 14.3 Å². The highest BCUT2D eigenvalue weighted by Gasteiger charge is 2.26. The number of hydrogen-bond donors (Lipinski definition) is 0. The maximum atomic E-state index is 12.7. The van der Waals surface area contributed by atoms with Crippen molar-refractivity contribution in [2.75, 3.05) is 20.2 Å². The summed E-state index contributed by atoms with van der Waals surface area (Å²) >= 11 is 0. The minimum atomic E-state index is -0.466. The van der Waals surface area contributed by atoms with Gasteiger partial charge in [-0.25, -0.2) is 4.79 Å². The fourth-order valence-corrected chi connectivity index (χ4v) is 3.78. The molecule has 0 N–H and O–H groups in total. The number of carbonyl (C=O) groups excluding carboxylic acids is 1. The molecule has 0 bridgehead atoms. The monoisotopic (exact) mass is 398 g/mol. The molecule has 0 saturated heterocycles. The van der Waals surface area contributed by atoms with E-state index < -0.39 is 5.97 Å². The summed E-state index contributed by atoms with van der Waals surface area (Å²) in [4.78, 5) is 27.6. The molecule has 1 aliphatic rings. The molecule has 2 aromatic rings. The third kappa shape index (κ3) is 4.70. The summed E-state index contributed by atoms with van der Waals surface area (Å²) < 4.78 is 12.5. The van der Waals surface area contributed by atoms with Crippen LogP contribution in [0.5, 0.6) is 5.75 Å². The number of pyridine rings is 1. The van der Waals surface area contributed by atoms with Crippen molar-refractivity contribution in [1.29, 1.82) is 0 Å². The minimum Gasteiger partial charge on any atom is -0.490 e. The number of nitrogens with zero attached hydrogens (tertiary/aromatic N) is 2. The van der Waals surface area contributed by atoms with Gasteiger partial charge in [0.25, 0.3) is 5.56 Å². The average Bonchev–Trinajstić information content (AvgIpc) is 2.87. The highest BCUT2D eigenvalue weighted by atomic mass is 16.5. The van der Waals surface area contributed by atoms with Gasteiger partial charge in [-0.3, -0.25) is 9.69 Å². The van der Waals surface area contributed by atoms with Crippen molar-refractivity contribution in [3.05, 3.63) is 62.6 Å². The first-order valence-electron chi connectivity index (χ1n) is 10.1. The van der Waals surface area contributed by atoms with Crippen LogP contribution in [0, 0.1) is 13.8 Å². The van der Waals surface area contributed by atoms with E-state index in [1.807, 2.05) is 13.8 Å². The van der Waals surface area contributed by atoms with Gasteiger partial charge in [0.05, 0.1) is 13.2 Å². The standard InChI is InChI=1S/C23H30N2O4/c1-15(2)29-20-13-21(26)25-11-10-24(9-8-19(25)22(20)23(27)28-5)14-18-7-6-16(3)17(4)12-18/h6-7,12-13,15H,8-11,14H2,1-5H3. The fraction of sp³-hybridized carbons (Fsp3) is 0.478. The molecule has 0 fully saturated rings. The molecule has 0 unspecified atom stereocenters. The third-order valence-corrected chi connectivity index (χ3v) is 5.42. The van der Waals surface area contributed by atoms with E-state index in [9.17, 15) is 9.59 Å². The molecule has 2 heterocycles. The zero-order chi connectivity index (χ0) is 21.1. The summed E-state index contributed by atoms with van der Waals surface area (Å²) in [5.41, 5.74) is 4.74. The van der Waals surface area contributed by atoms with Crippen molar-refractivity contribution >= 4 is 5.97 Å². The summed E-state index contributed by atoms with van der Waals surface area (Å²) in [6.45, 7) is 10.8. The predicted molar refractivity (Wildman–Crippen MR) is 113 cm³/mol. The average molecular weight is 399 g/mol. The van der Waals surface area contributed by atoms with Gasteiger partial charge in [-0.05, 0) is 44.4 Å². The van der Waals surface area contributed by atoms with Gasteiger partial charge >= 0.3 is 5.97 Å². The molecule has 0 radical (unpaired) electrons. The zero-order valence-electron chi connectivity index (χ0n) is 17.9. The van der Waals surface area contributed by atoms with Gasteiger partial charge in [0.2, 0.25) is 0 Å². The lowest BCUT2D eigenvalue weighted by Gasteiger charge is -2.20. The maximum absolute atomic E-state index is 12.7. The van der Waals surface area contributed by atoms with Crippen molar-refractivity contribution in [3.63, 3.8) is 0 Å². The Morgan fingerprint density at radius 2 is 1.86 bits per heavy atom. The zero-order valence-corrected chi connectivity index (χ0v) is 17.9. The van der Waals surface area contributed by atoms with E-state index in [1.54, 1.807) is 4.57 Å². The Morgan fingerprint density at radius 3 is 2.52 bits per heavy atom. The van der Waals surface area contributed by atoms with Crippen LogP contribution in [0.15, 0.2) is 29.1 Å². The molecule has 1 aromatic heterocycles. The summed E-state index contributed by atoms with van der Waals surface area (Å²) in [5, 5.41) is 0. The van der Waals surface area contributed by atoms with Crippen LogP contribution in [0.4, 0.5) is 0 Å². The molecule has 3 rings (SSSR count). The highest BCUT2D eigenvalue weighted by Crippen LogP contribution is 2.25. The number of ether oxygens (including phenoxy) is 2. The third-order valence-electron chi connectivity index (χ3n) is 5.42. The topological polar surface area (TPSA) is 60.8 Å². The lowest BCUT2D eigenvalue weighted by molar-refractivity contribution is 0.0591. The number of aromatic nitrogens is 1. The number of methoxy groups -OCH3 is 1. The molecule has 0 aliphatic carbocycles. The Hall–Kier alpha value is -2.60. The van der Waals surface area contributed by atoms with Gasteiger partial charge in [-0.2, -0.15) is 0 Å². The number of fused-ring (bicyclic) bond motifs is 1. The Kier molecular flexibility index (Phi) is 6.42. The van der Waals surface area contributed by atoms with Gasteiger partial charge in [0.15, 0.2) is 0 Å². The molecular formula is C23H30N2O4. The van der Waals surface area contributed by atoms with Crippen LogP contribution in [0.1, 0.15) is 46.6 Å². The van der Waals surface area contributed by atoms with Crippen molar-refractivity contribution in [1.82, 2.24) is 9.47 Å². The van der Waals surface area contributed by atoms with Gasteiger partial charge in [-0.1, -0.05) is 18.2 Å². The van der Waals surface area contributed by atoms with Gasteiger partial charge in [0, 0.05) is 44.4 Å². The number of benzene rings is 1. The first-order valence-corrected chi connectivity index (χ1v) is 10.1. The van der Waals surface area contributed by atoms with Crippen molar-refractivity contribution in [2.24, 2.45) is 0 Å². The van der Waals surface area contributed by atoms with Crippen LogP contribution in [0.2, 0.25) is 0 Å². The molecule has 1 aromatic carbocycles. The summed E-state index contributed by atoms with van der Waals surface area (Å²) in [7, 11) is 1.35. The van der Waals surface area contributed by atoms with Crippen LogP contribution in [-0.4, -0.2) is 41.7 Å². The Balaban J connectivity index is 1.91. The molecular weight excluding hydrogens is 368 g/mol. The van der Waals surface area contributed by atoms with E-state index in [0.29, 0.717) is 30.0 Å². The quantitative estimate of drug-likeness (QED) is 0.725. The Bertz CT molecular complexity index is 962. The van der Waals surface area contributed by atoms with E-state index in [4.69, 9.17) is 9.47 Å². The molecule has 0 spiro atoms. The van der Waals surface area contributed by atoms with E-state index in [2.05, 4.69) is 36.9 Å². The number of esters is 1. The van der Waals surface area contributed by atoms with Crippen LogP contribution in [0.25, 0.3) is 0 Å². The molecule has 0 atom stereocenters. The Morgan fingerprint density at radius 1 is 1.10 bits per heavy atom. The number of rotatable bonds is 5. The second-order valence-corrected chi connectivity index (χ2v) is 7.92. The maximum Gasteiger partial charge on any atom is 0.343 e. The van der Waals surface area contributed by atoms with Gasteiger partial charge < -0.3 is 14.0 Å². The lowest BCUT2D eigenvalue weighted by Crippen LogP contribution is -2.29. The van der Waals surface area contributed by atoms with E-state index >= 15 is 0 Å². The second kappa shape index (κ2) is 8.82. The summed E-state index contributed by atoms with van der Waals surface area (Å²) in [6.07, 6.45) is 0.438. The van der Waals surface area contributed by atoms with Crippen LogP contribution < -0.4 is 10.3 Å².